The van der Waals surface area contributed by atoms with Crippen LogP contribution in [0.5, 0.6) is 0 Å². The predicted octanol–water partition coefficient (Wildman–Crippen LogP) is 10.5. The number of halogens is 1. The van der Waals surface area contributed by atoms with Crippen molar-refractivity contribution >= 4 is 120 Å². The molecule has 331 valence electrons. The van der Waals surface area contributed by atoms with Crippen LogP contribution in [0.4, 0.5) is 9.59 Å². The second-order valence-corrected chi connectivity index (χ2v) is 16.0. The summed E-state index contributed by atoms with van der Waals surface area (Å²) in [4.78, 5) is 59.4. The average molecular weight is 1050 g/mol. The van der Waals surface area contributed by atoms with Gasteiger partial charge in [-0.3, -0.25) is 20.9 Å². The van der Waals surface area contributed by atoms with Gasteiger partial charge in [-0.05, 0) is 98.1 Å². The van der Waals surface area contributed by atoms with Crippen molar-refractivity contribution in [2.75, 3.05) is 0 Å². The van der Waals surface area contributed by atoms with Gasteiger partial charge in [-0.1, -0.05) is 52.3 Å². The number of rotatable bonds is 5. The van der Waals surface area contributed by atoms with Gasteiger partial charge in [-0.2, -0.15) is 6.92 Å². The van der Waals surface area contributed by atoms with E-state index in [2.05, 4.69) is 48.7 Å². The SMILES string of the molecule is CC(=O)O.CC(=O)O.C[C-]=O.C[C@H](NC(=O)OC(C)(C)C)c1ccc(Br)cc1.Cc1cscn1.Cc1ncsc1-c1ccc([C@H](C)NC(=O)OC(C)(C)C)cc1.[HH].[HH].[K].[O]=[Pd]. The van der Waals surface area contributed by atoms with Gasteiger partial charge in [-0.25, -0.2) is 14.6 Å². The zero-order valence-electron chi connectivity index (χ0n) is 36.1. The van der Waals surface area contributed by atoms with Gasteiger partial charge in [0.25, 0.3) is 11.9 Å². The standard InChI is InChI=1S/C17H22N2O2S.C13H18BrNO2.C4H5NS.2C2H4O2.C2H3O.K.O.Pd.2H2/c1-11(19-16(20)21-17(3,4)5)13-6-8-14(9-7-13)15-12(2)18-10-22-15;1-9(10-5-7-11(14)8-6-10)15-12(16)17-13(2,3)4;1-4-2-6-3-5-4;2*1-2(3)4;1-2-3;;;;;/h6-11H,1-5H3,(H,19,20);5-9H,1-4H3,(H,15,16);2-3H,1H3;2*1H3,(H,3,4);1H3;;;;2*1H/q;;;;;-1;;;;;/t11-;9-;;;;;;;;;/m00........./s1. The van der Waals surface area contributed by atoms with Crippen LogP contribution >= 0.6 is 38.6 Å². The number of ether oxygens (including phenoxy) is 2. The first kappa shape index (κ1) is 63.1. The normalized spacial score (nSPS) is 10.6. The molecule has 0 unspecified atom stereocenters. The van der Waals surface area contributed by atoms with Gasteiger partial charge in [0.1, 0.15) is 11.2 Å². The van der Waals surface area contributed by atoms with Gasteiger partial charge >= 0.3 is 34.8 Å². The molecule has 2 aromatic carbocycles. The van der Waals surface area contributed by atoms with E-state index in [0.29, 0.717) is 0 Å². The Balaban J connectivity index is -0.000000171. The van der Waals surface area contributed by atoms with Gasteiger partial charge in [-0.15, -0.1) is 22.7 Å². The number of thiazole rings is 2. The van der Waals surface area contributed by atoms with Crippen LogP contribution in [0.15, 0.2) is 69.4 Å². The molecule has 59 heavy (non-hydrogen) atoms. The zero-order chi connectivity index (χ0) is 45.6. The summed E-state index contributed by atoms with van der Waals surface area (Å²) in [5.41, 5.74) is 8.10. The van der Waals surface area contributed by atoms with E-state index in [1.165, 1.54) is 37.2 Å². The third kappa shape index (κ3) is 38.1. The molecule has 0 spiro atoms. The van der Waals surface area contributed by atoms with Crippen LogP contribution in [-0.2, 0) is 46.5 Å². The average Bonchev–Trinajstić information content (AvgIpc) is 3.75. The van der Waals surface area contributed by atoms with E-state index in [1.807, 2.05) is 122 Å². The van der Waals surface area contributed by atoms with Gasteiger partial charge in [0.05, 0.1) is 33.7 Å². The number of carbonyl (C=O) groups is 4. The fourth-order valence-electron chi connectivity index (χ4n) is 3.66. The second kappa shape index (κ2) is 35.1. The fourth-order valence-corrected chi connectivity index (χ4v) is 5.28. The number of aromatic nitrogens is 2. The molecule has 0 aliphatic carbocycles. The molecular formula is C40H60BrKN4O10PdS2-. The molecule has 2 atom stereocenters. The van der Waals surface area contributed by atoms with Crippen molar-refractivity contribution in [2.45, 2.75) is 113 Å². The van der Waals surface area contributed by atoms with Gasteiger partial charge in [0.15, 0.2) is 0 Å². The minimum atomic E-state index is -0.833. The van der Waals surface area contributed by atoms with Crippen molar-refractivity contribution in [1.82, 2.24) is 20.6 Å². The number of nitrogens with zero attached hydrogens (tertiary/aromatic N) is 2. The van der Waals surface area contributed by atoms with Gasteiger partial charge in [0.2, 0.25) is 0 Å². The number of carbonyl (C=O) groups excluding carboxylic acids is 3. The maximum absolute atomic E-state index is 11.8. The van der Waals surface area contributed by atoms with Crippen molar-refractivity contribution in [3.63, 3.8) is 0 Å². The second-order valence-electron chi connectivity index (χ2n) is 13.5. The first-order valence-corrected chi connectivity index (χ1v) is 20.5. The van der Waals surface area contributed by atoms with Crippen LogP contribution in [0, 0.1) is 13.8 Å². The number of carboxylic acid groups (broad SMARTS) is 2. The van der Waals surface area contributed by atoms with Crippen LogP contribution < -0.4 is 10.6 Å². The Labute approximate surface area is 421 Å². The summed E-state index contributed by atoms with van der Waals surface area (Å²) >= 11 is 8.13. The molecule has 2 heterocycles. The Kier molecular flexibility index (Phi) is 37.5. The third-order valence-electron chi connectivity index (χ3n) is 5.81. The van der Waals surface area contributed by atoms with Crippen molar-refractivity contribution in [3.05, 3.63) is 91.9 Å². The Bertz CT molecular complexity index is 1740. The number of hydrogen-bond acceptors (Lipinski definition) is 12. The molecule has 0 saturated heterocycles. The van der Waals surface area contributed by atoms with Gasteiger partial charge in [0, 0.05) is 83.6 Å². The number of aliphatic carboxylic acids is 2. The fraction of sp³-hybridized carbons (Fsp3) is 0.425. The quantitative estimate of drug-likeness (QED) is 0.109. The Hall–Kier alpha value is -2.57. The van der Waals surface area contributed by atoms with Crippen LogP contribution in [0.2, 0.25) is 0 Å². The number of aryl methyl sites for hydroxylation is 2. The molecule has 0 aliphatic rings. The minimum absolute atomic E-state index is 0. The molecule has 0 fully saturated rings. The summed E-state index contributed by atoms with van der Waals surface area (Å²) in [6, 6.07) is 15.8. The van der Waals surface area contributed by atoms with E-state index in [9.17, 15) is 9.59 Å². The summed E-state index contributed by atoms with van der Waals surface area (Å²) < 4.78 is 19.6. The predicted molar refractivity (Wildman–Crippen MR) is 238 cm³/mol. The van der Waals surface area contributed by atoms with E-state index in [0.717, 1.165) is 46.4 Å². The van der Waals surface area contributed by atoms with Crippen molar-refractivity contribution in [2.24, 2.45) is 0 Å². The summed E-state index contributed by atoms with van der Waals surface area (Å²) in [5.74, 6) is -1.67. The summed E-state index contributed by atoms with van der Waals surface area (Å²) in [7, 11) is 0. The first-order valence-electron chi connectivity index (χ1n) is 17.2. The molecule has 0 saturated carbocycles. The van der Waals surface area contributed by atoms with Gasteiger partial charge < -0.3 is 35.1 Å². The van der Waals surface area contributed by atoms with E-state index >= 15 is 0 Å². The maximum atomic E-state index is 11.8. The number of alkyl carbamates (subject to hydrolysis) is 2. The van der Waals surface area contributed by atoms with Crippen LogP contribution in [0.25, 0.3) is 10.4 Å². The first-order chi connectivity index (χ1) is 26.8. The monoisotopic (exact) mass is 1040 g/mol. The van der Waals surface area contributed by atoms with E-state index < -0.39 is 35.3 Å². The summed E-state index contributed by atoms with van der Waals surface area (Å²) in [5, 5.41) is 22.5. The zero-order valence-corrected chi connectivity index (χ0v) is 44.0. The molecule has 4 rings (SSSR count). The molecule has 4 N–H and O–H groups in total. The Morgan fingerprint density at radius 2 is 1.14 bits per heavy atom. The van der Waals surface area contributed by atoms with Crippen molar-refractivity contribution in [1.29, 1.82) is 0 Å². The van der Waals surface area contributed by atoms with Crippen LogP contribution in [-0.4, -0.2) is 113 Å². The summed E-state index contributed by atoms with van der Waals surface area (Å²) in [6.07, 6.45) is 0.704. The molecule has 14 nitrogen and oxygen atoms in total. The molecule has 2 amide bonds. The van der Waals surface area contributed by atoms with Crippen LogP contribution in [0.3, 0.4) is 0 Å². The van der Waals surface area contributed by atoms with E-state index in [4.69, 9.17) is 37.5 Å². The Morgan fingerprint density at radius 3 is 1.39 bits per heavy atom. The van der Waals surface area contributed by atoms with Crippen molar-refractivity contribution < 1.29 is 69.1 Å². The summed E-state index contributed by atoms with van der Waals surface area (Å²) in [6.45, 7) is 22.4. The number of carboxylic acids is 2. The molecule has 1 radical (unpaired) electrons. The molecule has 19 heteroatoms. The van der Waals surface area contributed by atoms with Crippen LogP contribution in [0.1, 0.15) is 114 Å². The topological polar surface area (TPSA) is 211 Å². The van der Waals surface area contributed by atoms with E-state index in [-0.39, 0.29) is 66.3 Å². The molecule has 2 aromatic heterocycles. The molecule has 4 aromatic rings. The van der Waals surface area contributed by atoms with E-state index in [1.54, 1.807) is 22.7 Å². The molecule has 0 bridgehead atoms. The Morgan fingerprint density at radius 1 is 0.780 bits per heavy atom. The molecular weight excluding hydrogens is 986 g/mol. The number of benzene rings is 2. The molecule has 0 aliphatic heterocycles. The number of amides is 2. The number of nitrogens with one attached hydrogen (secondary N) is 2. The number of hydrogen-bond donors (Lipinski definition) is 4. The third-order valence-corrected chi connectivity index (χ3v) is 8.02. The van der Waals surface area contributed by atoms with Crippen molar-refractivity contribution in [3.8, 4) is 10.4 Å².